The molecule has 0 aliphatic heterocycles. The van der Waals surface area contributed by atoms with Gasteiger partial charge in [0, 0.05) is 18.5 Å². The fraction of sp³-hybridized carbons (Fsp3) is 0.650. The minimum Gasteiger partial charge on any atom is -0.339 e. The van der Waals surface area contributed by atoms with Gasteiger partial charge < -0.3 is 10.6 Å². The zero-order chi connectivity index (χ0) is 16.9. The molecular formula is C20H30ClFN2O. The number of carbonyl (C=O) groups is 1. The van der Waals surface area contributed by atoms with Crippen LogP contribution in [-0.4, -0.2) is 29.9 Å². The molecule has 0 bridgehead atoms. The largest absolute Gasteiger partial charge is 0.339 e. The maximum atomic E-state index is 13.2. The van der Waals surface area contributed by atoms with Gasteiger partial charge in [-0.3, -0.25) is 4.79 Å². The van der Waals surface area contributed by atoms with E-state index in [4.69, 9.17) is 5.73 Å². The molecule has 1 amide bonds. The summed E-state index contributed by atoms with van der Waals surface area (Å²) in [5.41, 5.74) is 6.98. The Hall–Kier alpha value is -1.13. The zero-order valence-corrected chi connectivity index (χ0v) is 15.6. The smallest absolute Gasteiger partial charge is 0.226 e. The number of amides is 1. The van der Waals surface area contributed by atoms with E-state index in [1.807, 2.05) is 12.1 Å². The molecule has 0 heterocycles. The highest BCUT2D eigenvalue weighted by Crippen LogP contribution is 2.34. The predicted octanol–water partition coefficient (Wildman–Crippen LogP) is 3.94. The van der Waals surface area contributed by atoms with Gasteiger partial charge in [0.05, 0.1) is 0 Å². The molecule has 3 nitrogen and oxygen atoms in total. The summed E-state index contributed by atoms with van der Waals surface area (Å²) in [6.07, 6.45) is 8.66. The average Bonchev–Trinajstić information content (AvgIpc) is 3.28. The molecule has 1 aromatic rings. The average molecular weight is 369 g/mol. The Balaban J connectivity index is 0.00000225. The molecule has 0 saturated heterocycles. The van der Waals surface area contributed by atoms with Crippen molar-refractivity contribution in [1.82, 2.24) is 4.90 Å². The first kappa shape index (κ1) is 20.2. The summed E-state index contributed by atoms with van der Waals surface area (Å²) >= 11 is 0. The van der Waals surface area contributed by atoms with Crippen molar-refractivity contribution in [2.45, 2.75) is 57.4 Å². The van der Waals surface area contributed by atoms with E-state index in [0.29, 0.717) is 24.4 Å². The molecule has 0 unspecified atom stereocenters. The van der Waals surface area contributed by atoms with Gasteiger partial charge in [-0.1, -0.05) is 31.4 Å². The van der Waals surface area contributed by atoms with Gasteiger partial charge in [-0.25, -0.2) is 4.39 Å². The van der Waals surface area contributed by atoms with Gasteiger partial charge in [-0.2, -0.15) is 0 Å². The van der Waals surface area contributed by atoms with E-state index in [2.05, 4.69) is 4.90 Å². The lowest BCUT2D eigenvalue weighted by Crippen LogP contribution is -2.45. The molecule has 5 heteroatoms. The Kier molecular flexibility index (Phi) is 7.70. The highest BCUT2D eigenvalue weighted by Gasteiger charge is 2.37. The first-order valence-corrected chi connectivity index (χ1v) is 9.44. The maximum absolute atomic E-state index is 13.2. The molecule has 3 rings (SSSR count). The fourth-order valence-electron chi connectivity index (χ4n) is 4.45. The molecule has 2 atom stereocenters. The summed E-state index contributed by atoms with van der Waals surface area (Å²) in [6.45, 7) is 1.36. The third-order valence-corrected chi connectivity index (χ3v) is 5.88. The summed E-state index contributed by atoms with van der Waals surface area (Å²) in [5, 5.41) is 0. The monoisotopic (exact) mass is 368 g/mol. The summed E-state index contributed by atoms with van der Waals surface area (Å²) < 4.78 is 13.1. The fourth-order valence-corrected chi connectivity index (χ4v) is 4.45. The van der Waals surface area contributed by atoms with Crippen LogP contribution in [0.15, 0.2) is 24.3 Å². The summed E-state index contributed by atoms with van der Waals surface area (Å²) in [5.74, 6) is 0.576. The van der Waals surface area contributed by atoms with Crippen LogP contribution in [0.25, 0.3) is 0 Å². The van der Waals surface area contributed by atoms with Gasteiger partial charge in [-0.05, 0) is 62.3 Å². The quantitative estimate of drug-likeness (QED) is 0.826. The van der Waals surface area contributed by atoms with E-state index < -0.39 is 0 Å². The lowest BCUT2D eigenvalue weighted by atomic mass is 9.93. The lowest BCUT2D eigenvalue weighted by Gasteiger charge is -2.33. The predicted molar refractivity (Wildman–Crippen MR) is 101 cm³/mol. The first-order chi connectivity index (χ1) is 11.7. The van der Waals surface area contributed by atoms with Gasteiger partial charge in [0.1, 0.15) is 5.82 Å². The molecule has 2 aliphatic rings. The molecule has 0 aromatic heterocycles. The van der Waals surface area contributed by atoms with E-state index >= 15 is 0 Å². The van der Waals surface area contributed by atoms with Gasteiger partial charge in [0.15, 0.2) is 0 Å². The van der Waals surface area contributed by atoms with Crippen LogP contribution in [0, 0.1) is 17.7 Å². The second-order valence-electron chi connectivity index (χ2n) is 7.38. The van der Waals surface area contributed by atoms with Crippen molar-refractivity contribution >= 4 is 18.3 Å². The number of halogens is 2. The third-order valence-electron chi connectivity index (χ3n) is 5.88. The van der Waals surface area contributed by atoms with E-state index in [-0.39, 0.29) is 24.1 Å². The van der Waals surface area contributed by atoms with Crippen LogP contribution >= 0.6 is 12.4 Å². The molecule has 0 spiro atoms. The molecule has 1 aromatic carbocycles. The molecule has 140 valence electrons. The van der Waals surface area contributed by atoms with Gasteiger partial charge in [0.25, 0.3) is 0 Å². The van der Waals surface area contributed by atoms with Crippen molar-refractivity contribution < 1.29 is 9.18 Å². The van der Waals surface area contributed by atoms with Crippen molar-refractivity contribution in [2.75, 3.05) is 13.1 Å². The lowest BCUT2D eigenvalue weighted by molar-refractivity contribution is -0.138. The van der Waals surface area contributed by atoms with E-state index in [1.54, 1.807) is 0 Å². The summed E-state index contributed by atoms with van der Waals surface area (Å²) in [4.78, 5) is 15.3. The van der Waals surface area contributed by atoms with Crippen LogP contribution < -0.4 is 5.73 Å². The standard InChI is InChI=1S/C20H29FN2O.ClH/c21-17-10-8-15(9-11-17)12-13-23(18-5-1-2-6-18)20(24)19-7-3-4-16(19)14-22;/h8-11,16,18-19H,1-7,12-14,22H2;1H/t16-,19-;/m1./s1. The maximum Gasteiger partial charge on any atom is 0.226 e. The van der Waals surface area contributed by atoms with Gasteiger partial charge in [0.2, 0.25) is 5.91 Å². The normalized spacial score (nSPS) is 23.4. The molecule has 2 N–H and O–H groups in total. The van der Waals surface area contributed by atoms with Crippen LogP contribution in [0.3, 0.4) is 0 Å². The number of nitrogens with two attached hydrogens (primary N) is 1. The number of rotatable bonds is 6. The van der Waals surface area contributed by atoms with Crippen LogP contribution in [0.5, 0.6) is 0 Å². The Morgan fingerprint density at radius 3 is 2.40 bits per heavy atom. The summed E-state index contributed by atoms with van der Waals surface area (Å²) in [6, 6.07) is 7.03. The van der Waals surface area contributed by atoms with E-state index in [1.165, 1.54) is 25.0 Å². The highest BCUT2D eigenvalue weighted by atomic mass is 35.5. The minimum absolute atomic E-state index is 0. The van der Waals surface area contributed by atoms with Gasteiger partial charge in [-0.15, -0.1) is 12.4 Å². The Bertz CT molecular complexity index is 545. The van der Waals surface area contributed by atoms with E-state index in [9.17, 15) is 9.18 Å². The van der Waals surface area contributed by atoms with Gasteiger partial charge >= 0.3 is 0 Å². The molecule has 0 radical (unpaired) electrons. The molecule has 2 saturated carbocycles. The number of hydrogen-bond donors (Lipinski definition) is 1. The Morgan fingerprint density at radius 1 is 1.08 bits per heavy atom. The summed E-state index contributed by atoms with van der Waals surface area (Å²) in [7, 11) is 0. The zero-order valence-electron chi connectivity index (χ0n) is 14.8. The molecule has 25 heavy (non-hydrogen) atoms. The number of nitrogens with zero attached hydrogens (tertiary/aromatic N) is 1. The van der Waals surface area contributed by atoms with Crippen LogP contribution in [0.1, 0.15) is 50.5 Å². The number of carbonyl (C=O) groups excluding carboxylic acids is 1. The minimum atomic E-state index is -0.209. The van der Waals surface area contributed by atoms with Crippen LogP contribution in [0.4, 0.5) is 4.39 Å². The van der Waals surface area contributed by atoms with Crippen molar-refractivity contribution in [1.29, 1.82) is 0 Å². The SMILES string of the molecule is Cl.NC[C@H]1CCC[C@H]1C(=O)N(CCc1ccc(F)cc1)C1CCCC1. The molecule has 2 fully saturated rings. The van der Waals surface area contributed by atoms with Crippen LogP contribution in [0.2, 0.25) is 0 Å². The second-order valence-corrected chi connectivity index (χ2v) is 7.38. The Labute approximate surface area is 156 Å². The van der Waals surface area contributed by atoms with Crippen molar-refractivity contribution in [3.8, 4) is 0 Å². The van der Waals surface area contributed by atoms with Crippen LogP contribution in [-0.2, 0) is 11.2 Å². The number of hydrogen-bond acceptors (Lipinski definition) is 2. The first-order valence-electron chi connectivity index (χ1n) is 9.44. The van der Waals surface area contributed by atoms with Crippen molar-refractivity contribution in [2.24, 2.45) is 17.6 Å². The topological polar surface area (TPSA) is 46.3 Å². The third kappa shape index (κ3) is 4.95. The number of benzene rings is 1. The van der Waals surface area contributed by atoms with E-state index in [0.717, 1.165) is 50.6 Å². The Morgan fingerprint density at radius 2 is 1.76 bits per heavy atom. The highest BCUT2D eigenvalue weighted by molar-refractivity contribution is 5.85. The molecular weight excluding hydrogens is 339 g/mol. The van der Waals surface area contributed by atoms with Crippen molar-refractivity contribution in [3.05, 3.63) is 35.6 Å². The molecule has 2 aliphatic carbocycles. The van der Waals surface area contributed by atoms with Crippen molar-refractivity contribution in [3.63, 3.8) is 0 Å². The second kappa shape index (κ2) is 9.54.